The molecule has 7 aromatic rings. The van der Waals surface area contributed by atoms with Gasteiger partial charge < -0.3 is 0 Å². The third-order valence-corrected chi connectivity index (χ3v) is 26.9. The van der Waals surface area contributed by atoms with Crippen molar-refractivity contribution in [1.29, 1.82) is 0 Å². The van der Waals surface area contributed by atoms with Crippen molar-refractivity contribution in [3.05, 3.63) is 212 Å². The van der Waals surface area contributed by atoms with Crippen LogP contribution in [0.4, 0.5) is 0 Å². The fourth-order valence-electron chi connectivity index (χ4n) is 11.3. The molecular formula is C54H57BO2P2. The Kier molecular flexibility index (Phi) is 11.6. The van der Waals surface area contributed by atoms with E-state index in [4.69, 9.17) is 8.88 Å². The first-order valence-electron chi connectivity index (χ1n) is 22.0. The second-order valence-corrected chi connectivity index (χ2v) is 26.1. The van der Waals surface area contributed by atoms with E-state index in [0.29, 0.717) is 0 Å². The molecule has 0 radical (unpaired) electrons. The molecule has 0 amide bonds. The normalized spacial score (nSPS) is 16.9. The third kappa shape index (κ3) is 6.49. The average molecular weight is 811 g/mol. The molecule has 2 saturated carbocycles. The molecule has 0 heterocycles. The second-order valence-electron chi connectivity index (χ2n) is 16.8. The van der Waals surface area contributed by atoms with Crippen LogP contribution >= 0.6 is 13.7 Å². The zero-order chi connectivity index (χ0) is 39.9. The molecule has 0 spiro atoms. The Labute approximate surface area is 353 Å². The number of hydrogen-bond donors (Lipinski definition) is 0. The predicted molar refractivity (Wildman–Crippen MR) is 258 cm³/mol. The first-order valence-corrected chi connectivity index (χ1v) is 26.4. The quantitative estimate of drug-likeness (QED) is 0.0853. The van der Waals surface area contributed by atoms with Gasteiger partial charge in [-0.25, -0.2) is 0 Å². The summed E-state index contributed by atoms with van der Waals surface area (Å²) in [6.07, 6.45) is 11.5. The third-order valence-electron chi connectivity index (χ3n) is 13.9. The van der Waals surface area contributed by atoms with Gasteiger partial charge in [0.1, 0.15) is 0 Å². The van der Waals surface area contributed by atoms with Gasteiger partial charge >= 0.3 is 355 Å². The first-order chi connectivity index (χ1) is 29.2. The molecule has 0 atom stereocenters. The Bertz CT molecular complexity index is 2020. The number of benzene rings is 7. The van der Waals surface area contributed by atoms with Crippen LogP contribution in [-0.4, -0.2) is 18.4 Å². The van der Waals surface area contributed by atoms with Gasteiger partial charge in [0, 0.05) is 0 Å². The van der Waals surface area contributed by atoms with Crippen molar-refractivity contribution in [2.24, 2.45) is 0 Å². The molecule has 0 aromatic heterocycles. The van der Waals surface area contributed by atoms with Gasteiger partial charge in [0.15, 0.2) is 0 Å². The van der Waals surface area contributed by atoms with Crippen LogP contribution in [0.15, 0.2) is 212 Å². The summed E-state index contributed by atoms with van der Waals surface area (Å²) in [5, 5.41) is 7.61. The standard InChI is InChI=1S/C54H57BO2P2/c1-10-28-46(29-11-1)55(56-58(47-30-12-2-13-31-47,48-32-14-3-15-33-48,49-34-16-4-17-35-49)50-36-18-5-19-37-50)57-59(51-38-20-6-21-39-51,52-40-22-7-23-41-52,53-42-24-8-25-43-53)54-44-26-9-27-45-54/h1-4,6-8,10-17,20-25,28-35,38-43,50,54H,5,9,18-19,26-27,36-37,44-45H2. The predicted octanol–water partition coefficient (Wildman–Crippen LogP) is 11.0. The van der Waals surface area contributed by atoms with Crippen LogP contribution in [0, 0.1) is 0 Å². The number of rotatable bonds is 13. The molecule has 0 saturated heterocycles. The number of hydrogen-bond acceptors (Lipinski definition) is 2. The van der Waals surface area contributed by atoms with Gasteiger partial charge in [-0.3, -0.25) is 0 Å². The Morgan fingerprint density at radius 3 is 0.746 bits per heavy atom. The molecule has 0 unspecified atom stereocenters. The van der Waals surface area contributed by atoms with E-state index in [1.165, 1.54) is 70.4 Å². The van der Waals surface area contributed by atoms with E-state index in [1.807, 2.05) is 0 Å². The molecular weight excluding hydrogens is 753 g/mol. The maximum absolute atomic E-state index is 8.89. The van der Waals surface area contributed by atoms with Crippen LogP contribution in [0.3, 0.4) is 0 Å². The molecule has 5 heteroatoms. The summed E-state index contributed by atoms with van der Waals surface area (Å²) in [7, 11) is -0.739. The van der Waals surface area contributed by atoms with Crippen molar-refractivity contribution in [1.82, 2.24) is 0 Å². The van der Waals surface area contributed by atoms with E-state index in [-0.39, 0.29) is 11.3 Å². The summed E-state index contributed by atoms with van der Waals surface area (Å²) in [4.78, 5) is 0. The summed E-state index contributed by atoms with van der Waals surface area (Å²) in [5.74, 6) is 0. The molecule has 2 nitrogen and oxygen atoms in total. The zero-order valence-corrected chi connectivity index (χ0v) is 36.0. The fourth-order valence-corrected chi connectivity index (χ4v) is 25.2. The van der Waals surface area contributed by atoms with Crippen molar-refractivity contribution in [3.63, 3.8) is 0 Å². The van der Waals surface area contributed by atoms with E-state index in [9.17, 15) is 0 Å². The molecule has 298 valence electrons. The molecule has 7 aromatic carbocycles. The summed E-state index contributed by atoms with van der Waals surface area (Å²) >= 11 is 0. The second kappa shape index (κ2) is 17.2. The fraction of sp³-hybridized carbons (Fsp3) is 0.222. The van der Waals surface area contributed by atoms with Crippen LogP contribution in [0.1, 0.15) is 64.2 Å². The summed E-state index contributed by atoms with van der Waals surface area (Å²) in [6.45, 7) is -7.93. The molecule has 0 aliphatic heterocycles. The van der Waals surface area contributed by atoms with Crippen molar-refractivity contribution >= 4 is 58.1 Å². The van der Waals surface area contributed by atoms with Crippen LogP contribution in [0.25, 0.3) is 0 Å². The molecule has 2 aliphatic rings. The van der Waals surface area contributed by atoms with Gasteiger partial charge in [-0.15, -0.1) is 0 Å². The molecule has 0 N–H and O–H groups in total. The summed E-state index contributed by atoms with van der Waals surface area (Å²) < 4.78 is 17.8. The zero-order valence-electron chi connectivity index (χ0n) is 34.2. The summed E-state index contributed by atoms with van der Waals surface area (Å²) in [5.41, 5.74) is 1.53. The summed E-state index contributed by atoms with van der Waals surface area (Å²) in [6, 6.07) is 79.2. The SMILES string of the molecule is c1ccc(B(OP(c2ccccc2)(c2ccccc2)(c2ccccc2)C2CCCCC2)OP(c2ccccc2)(c2ccccc2)(c2ccccc2)C2CCCCC2)cc1. The van der Waals surface area contributed by atoms with Crippen molar-refractivity contribution in [2.75, 3.05) is 0 Å². The van der Waals surface area contributed by atoms with Gasteiger partial charge in [0.2, 0.25) is 0 Å². The van der Waals surface area contributed by atoms with Crippen molar-refractivity contribution < 1.29 is 8.88 Å². The van der Waals surface area contributed by atoms with Gasteiger partial charge in [-0.2, -0.15) is 0 Å². The average Bonchev–Trinajstić information content (AvgIpc) is 3.35. The van der Waals surface area contributed by atoms with E-state index in [0.717, 1.165) is 31.1 Å². The van der Waals surface area contributed by atoms with Crippen molar-refractivity contribution in [2.45, 2.75) is 75.5 Å². The van der Waals surface area contributed by atoms with Gasteiger partial charge in [0.25, 0.3) is 0 Å². The van der Waals surface area contributed by atoms with Crippen LogP contribution in [0.2, 0.25) is 0 Å². The van der Waals surface area contributed by atoms with Crippen LogP contribution in [-0.2, 0) is 8.88 Å². The Hall–Kier alpha value is -4.62. The Morgan fingerprint density at radius 1 is 0.288 bits per heavy atom. The minimum atomic E-state index is -3.96. The molecule has 9 rings (SSSR count). The Balaban J connectivity index is 1.45. The van der Waals surface area contributed by atoms with E-state index >= 15 is 0 Å². The van der Waals surface area contributed by atoms with Gasteiger partial charge in [-0.05, 0) is 0 Å². The topological polar surface area (TPSA) is 18.5 Å². The molecule has 0 bridgehead atoms. The molecule has 2 fully saturated rings. The molecule has 2 aliphatic carbocycles. The van der Waals surface area contributed by atoms with Gasteiger partial charge in [-0.1, -0.05) is 0 Å². The van der Waals surface area contributed by atoms with E-state index in [2.05, 4.69) is 212 Å². The minimum absolute atomic E-state index is 0.239. The van der Waals surface area contributed by atoms with E-state index in [1.54, 1.807) is 0 Å². The van der Waals surface area contributed by atoms with Crippen LogP contribution < -0.4 is 37.3 Å². The van der Waals surface area contributed by atoms with Gasteiger partial charge in [0.05, 0.1) is 0 Å². The first kappa shape index (κ1) is 39.8. The van der Waals surface area contributed by atoms with Crippen LogP contribution in [0.5, 0.6) is 0 Å². The van der Waals surface area contributed by atoms with E-state index < -0.39 is 20.8 Å². The Morgan fingerprint density at radius 2 is 0.508 bits per heavy atom. The van der Waals surface area contributed by atoms with Crippen molar-refractivity contribution in [3.8, 4) is 0 Å². The monoisotopic (exact) mass is 810 g/mol. The maximum atomic E-state index is 8.89. The molecule has 59 heavy (non-hydrogen) atoms.